The molecule has 1 fully saturated rings. The molecule has 0 saturated carbocycles. The van der Waals surface area contributed by atoms with Crippen molar-refractivity contribution in [2.75, 3.05) is 38.1 Å². The number of nitrogens with one attached hydrogen (secondary N) is 2. The van der Waals surface area contributed by atoms with Crippen LogP contribution >= 0.6 is 0 Å². The predicted molar refractivity (Wildman–Crippen MR) is 140 cm³/mol. The Morgan fingerprint density at radius 2 is 1.63 bits per heavy atom. The van der Waals surface area contributed by atoms with Crippen molar-refractivity contribution in [3.63, 3.8) is 0 Å². The number of hydrogen-bond acceptors (Lipinski definition) is 9. The third kappa shape index (κ3) is 4.93. The third-order valence-electron chi connectivity index (χ3n) is 6.29. The van der Waals surface area contributed by atoms with Crippen LogP contribution in [0.5, 0.6) is 17.2 Å². The number of nitro groups is 1. The van der Waals surface area contributed by atoms with Gasteiger partial charge in [0.05, 0.1) is 48.4 Å². The summed E-state index contributed by atoms with van der Waals surface area (Å²) < 4.78 is 28.2. The van der Waals surface area contributed by atoms with Gasteiger partial charge in [-0.25, -0.2) is 0 Å². The fraction of sp³-hybridized carbons (Fsp3) is 0.296. The summed E-state index contributed by atoms with van der Waals surface area (Å²) in [6.45, 7) is 4.37. The van der Waals surface area contributed by atoms with Crippen LogP contribution in [0.3, 0.4) is 0 Å². The van der Waals surface area contributed by atoms with Gasteiger partial charge in [-0.2, -0.15) is 0 Å². The number of ether oxygens (including phenoxy) is 5. The molecule has 2 heterocycles. The van der Waals surface area contributed by atoms with E-state index in [4.69, 9.17) is 23.7 Å². The Morgan fingerprint density at radius 1 is 0.947 bits per heavy atom. The average molecular weight is 522 g/mol. The Morgan fingerprint density at radius 3 is 2.32 bits per heavy atom. The number of nitro benzene ring substituents is 1. The number of fused-ring (bicyclic) bond motifs is 2. The lowest BCUT2D eigenvalue weighted by Gasteiger charge is -2.19. The highest BCUT2D eigenvalue weighted by Gasteiger charge is 2.33. The lowest BCUT2D eigenvalue weighted by atomic mass is 10.0. The molecule has 1 amide bonds. The van der Waals surface area contributed by atoms with Crippen molar-refractivity contribution in [1.29, 1.82) is 0 Å². The Balaban J connectivity index is 1.46. The van der Waals surface area contributed by atoms with Crippen LogP contribution in [0.15, 0.2) is 48.5 Å². The van der Waals surface area contributed by atoms with E-state index < -0.39 is 10.7 Å². The maximum atomic E-state index is 13.0. The highest BCUT2D eigenvalue weighted by molar-refractivity contribution is 6.12. The molecular formula is C27H27N3O8. The second-order valence-corrected chi connectivity index (χ2v) is 9.29. The molecule has 2 aliphatic rings. The summed E-state index contributed by atoms with van der Waals surface area (Å²) in [5.74, 6) is 0.114. The molecule has 1 atom stereocenters. The van der Waals surface area contributed by atoms with Gasteiger partial charge in [0.1, 0.15) is 12.7 Å². The molecule has 1 unspecified atom stereocenters. The minimum atomic E-state index is -0.660. The van der Waals surface area contributed by atoms with Crippen molar-refractivity contribution in [2.24, 2.45) is 0 Å². The Bertz CT molecular complexity index is 1420. The van der Waals surface area contributed by atoms with Crippen molar-refractivity contribution >= 4 is 28.7 Å². The first kappa shape index (κ1) is 25.3. The van der Waals surface area contributed by atoms with Gasteiger partial charge in [-0.3, -0.25) is 14.9 Å². The fourth-order valence-electron chi connectivity index (χ4n) is 4.43. The van der Waals surface area contributed by atoms with Crippen LogP contribution in [0, 0.1) is 10.1 Å². The summed E-state index contributed by atoms with van der Waals surface area (Å²) in [6.07, 6.45) is -0.233. The van der Waals surface area contributed by atoms with E-state index in [1.54, 1.807) is 42.5 Å². The van der Waals surface area contributed by atoms with E-state index in [1.807, 2.05) is 13.8 Å². The van der Waals surface area contributed by atoms with Crippen molar-refractivity contribution in [2.45, 2.75) is 25.7 Å². The number of rotatable bonds is 7. The van der Waals surface area contributed by atoms with Gasteiger partial charge < -0.3 is 34.3 Å². The molecule has 0 spiro atoms. The normalized spacial score (nSPS) is 17.4. The van der Waals surface area contributed by atoms with E-state index in [1.165, 1.54) is 20.3 Å². The van der Waals surface area contributed by atoms with Crippen molar-refractivity contribution in [3.8, 4) is 28.4 Å². The Hall–Kier alpha value is -4.35. The first-order valence-electron chi connectivity index (χ1n) is 11.9. The standard InChI is InChI=1S/C27H27N3O8/c1-27(2)37-14-17(38-27)13-36-25-12-20-21(11-24(25)35-4)29-26(31)18-7-5-15(9-19(18)28-20)16-6-8-22(30(32)33)23(10-16)34-3/h5-12,17,28H,13-14H2,1-4H3,(H,29,31). The van der Waals surface area contributed by atoms with Gasteiger partial charge in [-0.1, -0.05) is 6.07 Å². The minimum absolute atomic E-state index is 0.128. The molecule has 11 heteroatoms. The fourth-order valence-corrected chi connectivity index (χ4v) is 4.43. The molecule has 0 bridgehead atoms. The van der Waals surface area contributed by atoms with Gasteiger partial charge in [-0.15, -0.1) is 0 Å². The minimum Gasteiger partial charge on any atom is -0.493 e. The zero-order valence-electron chi connectivity index (χ0n) is 21.3. The second kappa shape index (κ2) is 9.84. The Labute approximate surface area is 218 Å². The summed E-state index contributed by atoms with van der Waals surface area (Å²) in [6, 6.07) is 13.4. The first-order chi connectivity index (χ1) is 18.2. The molecule has 1 saturated heterocycles. The maximum absolute atomic E-state index is 13.0. The van der Waals surface area contributed by atoms with E-state index in [0.717, 1.165) is 5.56 Å². The van der Waals surface area contributed by atoms with Crippen LogP contribution < -0.4 is 24.8 Å². The van der Waals surface area contributed by atoms with Crippen molar-refractivity contribution < 1.29 is 33.4 Å². The third-order valence-corrected chi connectivity index (χ3v) is 6.29. The van der Waals surface area contributed by atoms with Crippen LogP contribution in [0.1, 0.15) is 24.2 Å². The largest absolute Gasteiger partial charge is 0.493 e. The summed E-state index contributed by atoms with van der Waals surface area (Å²) in [5, 5.41) is 17.5. The number of benzene rings is 3. The van der Waals surface area contributed by atoms with Crippen LogP contribution in [-0.2, 0) is 9.47 Å². The molecule has 3 aromatic rings. The number of anilines is 3. The molecule has 5 rings (SSSR count). The number of methoxy groups -OCH3 is 2. The molecule has 11 nitrogen and oxygen atoms in total. The van der Waals surface area contributed by atoms with Crippen molar-refractivity contribution in [3.05, 3.63) is 64.2 Å². The topological polar surface area (TPSA) is 130 Å². The highest BCUT2D eigenvalue weighted by Crippen LogP contribution is 2.42. The van der Waals surface area contributed by atoms with E-state index in [2.05, 4.69) is 10.6 Å². The molecule has 3 aromatic carbocycles. The quantitative estimate of drug-likeness (QED) is 0.321. The number of carbonyl (C=O) groups excluding carboxylic acids is 1. The van der Waals surface area contributed by atoms with Gasteiger partial charge in [0.2, 0.25) is 0 Å². The number of hydrogen-bond donors (Lipinski definition) is 2. The molecular weight excluding hydrogens is 494 g/mol. The van der Waals surface area contributed by atoms with E-state index in [0.29, 0.717) is 46.3 Å². The Kier molecular flexibility index (Phi) is 6.55. The van der Waals surface area contributed by atoms with E-state index in [-0.39, 0.29) is 30.1 Å². The summed E-state index contributed by atoms with van der Waals surface area (Å²) in [7, 11) is 2.91. The molecule has 2 aliphatic heterocycles. The van der Waals surface area contributed by atoms with E-state index in [9.17, 15) is 14.9 Å². The molecule has 0 aliphatic carbocycles. The molecule has 0 aromatic heterocycles. The number of nitrogens with zero attached hydrogens (tertiary/aromatic N) is 1. The summed E-state index contributed by atoms with van der Waals surface area (Å²) in [5.41, 5.74) is 3.43. The SMILES string of the molecule is COc1cc2c(cc1OCC1COC(C)(C)O1)Nc1cc(-c3ccc([N+](=O)[O-])c(OC)c3)ccc1C(=O)N2. The van der Waals surface area contributed by atoms with E-state index >= 15 is 0 Å². The highest BCUT2D eigenvalue weighted by atomic mass is 16.7. The predicted octanol–water partition coefficient (Wildman–Crippen LogP) is 5.12. The monoisotopic (exact) mass is 521 g/mol. The molecule has 0 radical (unpaired) electrons. The molecule has 38 heavy (non-hydrogen) atoms. The van der Waals surface area contributed by atoms with Gasteiger partial charge in [0, 0.05) is 18.2 Å². The van der Waals surface area contributed by atoms with Crippen molar-refractivity contribution in [1.82, 2.24) is 0 Å². The van der Waals surface area contributed by atoms with Gasteiger partial charge in [-0.05, 0) is 49.2 Å². The number of carbonyl (C=O) groups is 1. The smallest absolute Gasteiger partial charge is 0.310 e. The average Bonchev–Trinajstić information content (AvgIpc) is 3.18. The summed E-state index contributed by atoms with van der Waals surface area (Å²) in [4.78, 5) is 23.8. The zero-order valence-corrected chi connectivity index (χ0v) is 21.3. The van der Waals surface area contributed by atoms with Crippen LogP contribution in [0.2, 0.25) is 0 Å². The number of amides is 1. The lowest BCUT2D eigenvalue weighted by Crippen LogP contribution is -2.25. The van der Waals surface area contributed by atoms with Crippen LogP contribution in [-0.4, -0.2) is 50.2 Å². The van der Waals surface area contributed by atoms with Gasteiger partial charge in [0.15, 0.2) is 23.0 Å². The lowest BCUT2D eigenvalue weighted by molar-refractivity contribution is -0.385. The van der Waals surface area contributed by atoms with Gasteiger partial charge >= 0.3 is 5.69 Å². The second-order valence-electron chi connectivity index (χ2n) is 9.29. The molecule has 2 N–H and O–H groups in total. The van der Waals surface area contributed by atoms with Crippen LogP contribution in [0.25, 0.3) is 11.1 Å². The zero-order chi connectivity index (χ0) is 27.0. The van der Waals surface area contributed by atoms with Gasteiger partial charge in [0.25, 0.3) is 5.91 Å². The molecule has 198 valence electrons. The van der Waals surface area contributed by atoms with Crippen LogP contribution in [0.4, 0.5) is 22.7 Å². The maximum Gasteiger partial charge on any atom is 0.310 e. The first-order valence-corrected chi connectivity index (χ1v) is 11.9. The summed E-state index contributed by atoms with van der Waals surface area (Å²) >= 11 is 0.